The Kier molecular flexibility index (Phi) is 10.3. The lowest BCUT2D eigenvalue weighted by atomic mass is 10.1. The van der Waals surface area contributed by atoms with Gasteiger partial charge in [0, 0.05) is 127 Å². The number of rotatable bonds is 7. The van der Waals surface area contributed by atoms with Gasteiger partial charge in [-0.1, -0.05) is 146 Å². The van der Waals surface area contributed by atoms with E-state index in [2.05, 4.69) is 342 Å². The molecular formula is C86H55N7. The number of fused-ring (bicyclic) bond motifs is 21. The average Bonchev–Trinajstić information content (AvgIpc) is 1.58. The van der Waals surface area contributed by atoms with E-state index in [0.717, 1.165) is 62.7 Å². The normalized spacial score (nSPS) is 12.4. The lowest BCUT2D eigenvalue weighted by Gasteiger charge is -2.12. The van der Waals surface area contributed by atoms with Gasteiger partial charge in [-0.05, 0) is 165 Å². The van der Waals surface area contributed by atoms with E-state index in [-0.39, 0.29) is 0 Å². The van der Waals surface area contributed by atoms with Crippen LogP contribution in [0.5, 0.6) is 0 Å². The van der Waals surface area contributed by atoms with Crippen molar-refractivity contribution in [2.45, 2.75) is 13.5 Å². The number of aryl methyl sites for hydroxylation is 1. The molecule has 0 aliphatic heterocycles. The van der Waals surface area contributed by atoms with E-state index in [1.165, 1.54) is 131 Å². The van der Waals surface area contributed by atoms with Crippen LogP contribution in [-0.2, 0) is 6.54 Å². The lowest BCUT2D eigenvalue weighted by molar-refractivity contribution is 0.827. The minimum absolute atomic E-state index is 0.831. The van der Waals surface area contributed by atoms with E-state index in [1.807, 2.05) is 0 Å². The van der Waals surface area contributed by atoms with Crippen LogP contribution in [0.2, 0.25) is 0 Å². The molecule has 21 rings (SSSR count). The minimum atomic E-state index is 0.831. The van der Waals surface area contributed by atoms with Crippen LogP contribution in [0.15, 0.2) is 303 Å². The third kappa shape index (κ3) is 6.92. The highest BCUT2D eigenvalue weighted by molar-refractivity contribution is 6.18. The number of hydrogen-bond acceptors (Lipinski definition) is 0. The van der Waals surface area contributed by atoms with Gasteiger partial charge in [-0.15, -0.1) is 0 Å². The van der Waals surface area contributed by atoms with Crippen LogP contribution in [0.25, 0.3) is 187 Å². The Hall–Kier alpha value is -12.3. The number of benzene rings is 14. The van der Waals surface area contributed by atoms with Gasteiger partial charge in [0.15, 0.2) is 0 Å². The zero-order chi connectivity index (χ0) is 60.7. The predicted molar refractivity (Wildman–Crippen MR) is 391 cm³/mol. The highest BCUT2D eigenvalue weighted by Crippen LogP contribution is 2.44. The molecular weight excluding hydrogens is 1130 g/mol. The molecule has 21 aromatic rings. The molecule has 7 heteroatoms. The molecule has 14 aromatic carbocycles. The van der Waals surface area contributed by atoms with Gasteiger partial charge >= 0.3 is 0 Å². The summed E-state index contributed by atoms with van der Waals surface area (Å²) in [7, 11) is 0. The van der Waals surface area contributed by atoms with Crippen molar-refractivity contribution in [3.05, 3.63) is 303 Å². The maximum atomic E-state index is 2.50. The summed E-state index contributed by atoms with van der Waals surface area (Å²) in [5.41, 5.74) is 23.3. The molecule has 434 valence electrons. The van der Waals surface area contributed by atoms with Gasteiger partial charge in [0.2, 0.25) is 0 Å². The van der Waals surface area contributed by atoms with Crippen LogP contribution in [0.4, 0.5) is 0 Å². The summed E-state index contributed by atoms with van der Waals surface area (Å²) in [6.45, 7) is 3.10. The predicted octanol–water partition coefficient (Wildman–Crippen LogP) is 22.4. The van der Waals surface area contributed by atoms with Crippen molar-refractivity contribution in [2.75, 3.05) is 0 Å². The van der Waals surface area contributed by atoms with Crippen molar-refractivity contribution < 1.29 is 0 Å². The number of para-hydroxylation sites is 8. The Morgan fingerprint density at radius 3 is 0.495 bits per heavy atom. The summed E-state index contributed by atoms with van der Waals surface area (Å²) in [5, 5.41) is 17.2. The van der Waals surface area contributed by atoms with E-state index in [1.54, 1.807) is 0 Å². The molecule has 0 aliphatic rings. The Balaban J connectivity index is 0.791. The second-order valence-corrected chi connectivity index (χ2v) is 25.1. The van der Waals surface area contributed by atoms with Crippen LogP contribution in [0.3, 0.4) is 0 Å². The quantitative estimate of drug-likeness (QED) is 0.152. The summed E-state index contributed by atoms with van der Waals surface area (Å²) in [6.07, 6.45) is 0. The van der Waals surface area contributed by atoms with Crippen LogP contribution >= 0.6 is 0 Å². The van der Waals surface area contributed by atoms with Crippen molar-refractivity contribution in [3.8, 4) is 34.1 Å². The molecule has 0 atom stereocenters. The summed E-state index contributed by atoms with van der Waals surface area (Å²) in [4.78, 5) is 0. The van der Waals surface area contributed by atoms with Crippen molar-refractivity contribution in [3.63, 3.8) is 0 Å². The fourth-order valence-electron chi connectivity index (χ4n) is 16.6. The largest absolute Gasteiger partial charge is 0.341 e. The topological polar surface area (TPSA) is 34.5 Å². The molecule has 0 bridgehead atoms. The lowest BCUT2D eigenvalue weighted by Crippen LogP contribution is -1.97. The van der Waals surface area contributed by atoms with Gasteiger partial charge in [0.1, 0.15) is 0 Å². The van der Waals surface area contributed by atoms with E-state index in [0.29, 0.717) is 0 Å². The fraction of sp³-hybridized carbons (Fsp3) is 0.0233. The molecule has 0 radical (unpaired) electrons. The first-order chi connectivity index (χ1) is 46.1. The van der Waals surface area contributed by atoms with Crippen LogP contribution in [-0.4, -0.2) is 32.0 Å². The molecule has 7 heterocycles. The summed E-state index contributed by atoms with van der Waals surface area (Å²) in [5.74, 6) is 0. The molecule has 7 aromatic heterocycles. The van der Waals surface area contributed by atoms with Gasteiger partial charge in [-0.25, -0.2) is 0 Å². The second-order valence-electron chi connectivity index (χ2n) is 25.1. The van der Waals surface area contributed by atoms with E-state index >= 15 is 0 Å². The van der Waals surface area contributed by atoms with Gasteiger partial charge < -0.3 is 32.0 Å². The van der Waals surface area contributed by atoms with Crippen molar-refractivity contribution in [1.29, 1.82) is 0 Å². The maximum absolute atomic E-state index is 2.50. The molecule has 0 saturated heterocycles. The van der Waals surface area contributed by atoms with Gasteiger partial charge in [-0.3, -0.25) is 0 Å². The summed E-state index contributed by atoms with van der Waals surface area (Å²) in [6, 6.07) is 113. The zero-order valence-corrected chi connectivity index (χ0v) is 50.7. The van der Waals surface area contributed by atoms with Gasteiger partial charge in [-0.2, -0.15) is 0 Å². The molecule has 0 saturated carbocycles. The van der Waals surface area contributed by atoms with Crippen LogP contribution in [0.1, 0.15) is 6.92 Å². The molecule has 0 fully saturated rings. The Labute approximate surface area is 532 Å². The fourth-order valence-corrected chi connectivity index (χ4v) is 16.6. The number of aromatic nitrogens is 7. The van der Waals surface area contributed by atoms with Crippen LogP contribution < -0.4 is 0 Å². The van der Waals surface area contributed by atoms with E-state index in [4.69, 9.17) is 0 Å². The zero-order valence-electron chi connectivity index (χ0n) is 50.7. The SMILES string of the molecule is CCn1c2ccc(-n3c4ccc(-n5c6ccccc6c6ccccc65)cc4c4cc(-n5c6ccccc6c6ccccc65)ccc43)cc2c2cc(-n3c4ccc(-n5c6ccccc6c6ccccc65)cc4c4cc(-n5c6ccccc6c6ccccc65)ccc43)ccc21. The van der Waals surface area contributed by atoms with E-state index in [9.17, 15) is 0 Å². The third-order valence-corrected chi connectivity index (χ3v) is 20.5. The average molecular weight is 1190 g/mol. The standard InChI is InChI=1S/C86H55N7/c1-2-87-73-41-35-53(92-83-43-37-55(88-75-27-11-3-19-59(75)60-20-4-12-28-76(60)88)49-69(83)70-50-56(38-44-84(70)92)89-77-29-13-5-21-61(77)62-22-6-14-30-78(62)89)47-67(73)68-48-54(36-42-74(68)87)93-85-45-39-57(90-79-31-15-7-23-63(79)64-24-8-16-32-80(64)90)51-71(85)72-52-58(40-46-86(72)93)91-81-33-17-9-25-65(81)66-26-10-18-34-82(66)91/h3-52H,2H2,1H3. The molecule has 7 nitrogen and oxygen atoms in total. The van der Waals surface area contributed by atoms with Gasteiger partial charge in [0.25, 0.3) is 0 Å². The third-order valence-electron chi connectivity index (χ3n) is 20.5. The molecule has 0 unspecified atom stereocenters. The molecule has 93 heavy (non-hydrogen) atoms. The summed E-state index contributed by atoms with van der Waals surface area (Å²) < 4.78 is 17.3. The molecule has 0 N–H and O–H groups in total. The first kappa shape index (κ1) is 50.5. The monoisotopic (exact) mass is 1190 g/mol. The first-order valence-corrected chi connectivity index (χ1v) is 32.3. The second kappa shape index (κ2) is 18.9. The van der Waals surface area contributed by atoms with Crippen molar-refractivity contribution >= 4 is 153 Å². The van der Waals surface area contributed by atoms with Crippen molar-refractivity contribution in [1.82, 2.24) is 32.0 Å². The highest BCUT2D eigenvalue weighted by atomic mass is 15.0. The van der Waals surface area contributed by atoms with Gasteiger partial charge in [0.05, 0.1) is 66.2 Å². The number of nitrogens with zero attached hydrogens (tertiary/aromatic N) is 7. The first-order valence-electron chi connectivity index (χ1n) is 32.3. The Morgan fingerprint density at radius 2 is 0.312 bits per heavy atom. The smallest absolute Gasteiger partial charge is 0.0542 e. The van der Waals surface area contributed by atoms with Crippen LogP contribution in [0, 0.1) is 0 Å². The molecule has 0 amide bonds. The van der Waals surface area contributed by atoms with E-state index < -0.39 is 0 Å². The summed E-state index contributed by atoms with van der Waals surface area (Å²) >= 11 is 0. The highest BCUT2D eigenvalue weighted by Gasteiger charge is 2.24. The Bertz CT molecular complexity index is 5840. The Morgan fingerprint density at radius 1 is 0.161 bits per heavy atom. The molecule has 0 spiro atoms. The maximum Gasteiger partial charge on any atom is 0.0542 e. The van der Waals surface area contributed by atoms with Crippen molar-refractivity contribution in [2.24, 2.45) is 0 Å². The molecule has 0 aliphatic carbocycles. The minimum Gasteiger partial charge on any atom is -0.341 e. The number of hydrogen-bond donors (Lipinski definition) is 0.